The van der Waals surface area contributed by atoms with Gasteiger partial charge in [0.15, 0.2) is 0 Å². The molecule has 3 nitrogen and oxygen atoms in total. The normalized spacial score (nSPS) is 10.7. The van der Waals surface area contributed by atoms with Crippen LogP contribution in [-0.2, 0) is 6.42 Å². The lowest BCUT2D eigenvalue weighted by Crippen LogP contribution is -1.97. The van der Waals surface area contributed by atoms with Crippen molar-refractivity contribution in [1.82, 2.24) is 4.98 Å². The van der Waals surface area contributed by atoms with Crippen molar-refractivity contribution in [3.8, 4) is 5.75 Å². The second-order valence-corrected chi connectivity index (χ2v) is 4.74. The molecule has 0 saturated carbocycles. The summed E-state index contributed by atoms with van der Waals surface area (Å²) in [5.41, 5.74) is 9.98. The maximum absolute atomic E-state index is 6.10. The van der Waals surface area contributed by atoms with Gasteiger partial charge in [0.25, 0.3) is 0 Å². The number of aromatic nitrogens is 1. The van der Waals surface area contributed by atoms with E-state index in [0.29, 0.717) is 0 Å². The first-order valence-corrected chi connectivity index (χ1v) is 6.53. The van der Waals surface area contributed by atoms with Crippen LogP contribution in [0.15, 0.2) is 54.6 Å². The van der Waals surface area contributed by atoms with Crippen molar-refractivity contribution >= 4 is 16.6 Å². The Labute approximate surface area is 118 Å². The van der Waals surface area contributed by atoms with Crippen molar-refractivity contribution in [2.45, 2.75) is 6.42 Å². The highest BCUT2D eigenvalue weighted by molar-refractivity contribution is 5.90. The van der Waals surface area contributed by atoms with Crippen LogP contribution < -0.4 is 10.5 Å². The lowest BCUT2D eigenvalue weighted by molar-refractivity contribution is 0.414. The fourth-order valence-corrected chi connectivity index (χ4v) is 2.30. The summed E-state index contributed by atoms with van der Waals surface area (Å²) >= 11 is 0. The van der Waals surface area contributed by atoms with Gasteiger partial charge in [-0.1, -0.05) is 30.3 Å². The minimum atomic E-state index is 0.763. The highest BCUT2D eigenvalue weighted by Gasteiger charge is 2.04. The van der Waals surface area contributed by atoms with Gasteiger partial charge in [-0.3, -0.25) is 4.98 Å². The van der Waals surface area contributed by atoms with E-state index in [2.05, 4.69) is 4.98 Å². The number of fused-ring (bicyclic) bond motifs is 1. The number of nitrogens with zero attached hydrogens (tertiary/aromatic N) is 1. The lowest BCUT2D eigenvalue weighted by Gasteiger charge is -2.07. The largest absolute Gasteiger partial charge is 0.497 e. The molecule has 0 saturated heterocycles. The van der Waals surface area contributed by atoms with Crippen LogP contribution in [0.1, 0.15) is 11.3 Å². The van der Waals surface area contributed by atoms with Gasteiger partial charge in [0.05, 0.1) is 12.6 Å². The summed E-state index contributed by atoms with van der Waals surface area (Å²) in [6, 6.07) is 17.9. The van der Waals surface area contributed by atoms with Crippen LogP contribution in [0.5, 0.6) is 5.75 Å². The van der Waals surface area contributed by atoms with Gasteiger partial charge in [0.2, 0.25) is 0 Å². The van der Waals surface area contributed by atoms with Crippen molar-refractivity contribution in [1.29, 1.82) is 0 Å². The van der Waals surface area contributed by atoms with Crippen LogP contribution in [0, 0.1) is 0 Å². The van der Waals surface area contributed by atoms with Gasteiger partial charge in [-0.15, -0.1) is 0 Å². The summed E-state index contributed by atoms with van der Waals surface area (Å²) in [5, 5.41) is 1.01. The first kappa shape index (κ1) is 12.5. The molecule has 0 atom stereocenters. The fourth-order valence-electron chi connectivity index (χ4n) is 2.30. The molecule has 1 heterocycles. The lowest BCUT2D eigenvalue weighted by atomic mass is 10.1. The molecule has 0 bridgehead atoms. The number of hydrogen-bond donors (Lipinski definition) is 1. The third kappa shape index (κ3) is 2.43. The molecular formula is C17H16N2O. The van der Waals surface area contributed by atoms with Gasteiger partial charge in [-0.2, -0.15) is 0 Å². The van der Waals surface area contributed by atoms with Crippen LogP contribution in [0.3, 0.4) is 0 Å². The Kier molecular flexibility index (Phi) is 3.25. The molecule has 2 aromatic carbocycles. The molecule has 0 aliphatic rings. The first-order chi connectivity index (χ1) is 9.76. The van der Waals surface area contributed by atoms with Gasteiger partial charge in [0, 0.05) is 23.2 Å². The standard InChI is InChI=1S/C17H16N2O/c1-20-14-8-6-12(7-9-14)10-13-11-16(18)15-4-2-3-5-17(15)19-13/h2-9,11H,10H2,1H3,(H2,18,19). The van der Waals surface area contributed by atoms with Crippen molar-refractivity contribution in [3.05, 3.63) is 65.9 Å². The molecule has 3 heteroatoms. The maximum Gasteiger partial charge on any atom is 0.118 e. The number of nitrogens with two attached hydrogens (primary N) is 1. The molecule has 0 radical (unpaired) electrons. The number of benzene rings is 2. The fraction of sp³-hybridized carbons (Fsp3) is 0.118. The molecule has 3 rings (SSSR count). The zero-order valence-electron chi connectivity index (χ0n) is 11.3. The summed E-state index contributed by atoms with van der Waals surface area (Å²) in [6.45, 7) is 0. The molecule has 0 fully saturated rings. The Balaban J connectivity index is 1.93. The molecular weight excluding hydrogens is 248 g/mol. The number of ether oxygens (including phenoxy) is 1. The third-order valence-corrected chi connectivity index (χ3v) is 3.35. The highest BCUT2D eigenvalue weighted by atomic mass is 16.5. The Bertz CT molecular complexity index is 736. The average Bonchev–Trinajstić information content (AvgIpc) is 2.48. The second-order valence-electron chi connectivity index (χ2n) is 4.74. The van der Waals surface area contributed by atoms with E-state index in [1.54, 1.807) is 7.11 Å². The van der Waals surface area contributed by atoms with E-state index in [9.17, 15) is 0 Å². The van der Waals surface area contributed by atoms with Gasteiger partial charge in [-0.05, 0) is 29.8 Å². The first-order valence-electron chi connectivity index (χ1n) is 6.53. The average molecular weight is 264 g/mol. The monoisotopic (exact) mass is 264 g/mol. The minimum Gasteiger partial charge on any atom is -0.497 e. The Morgan fingerprint density at radius 2 is 1.80 bits per heavy atom. The summed E-state index contributed by atoms with van der Waals surface area (Å²) in [6.07, 6.45) is 0.763. The molecule has 0 aliphatic heterocycles. The van der Waals surface area contributed by atoms with E-state index in [-0.39, 0.29) is 0 Å². The molecule has 100 valence electrons. The molecule has 20 heavy (non-hydrogen) atoms. The number of nitrogen functional groups attached to an aromatic ring is 1. The van der Waals surface area contributed by atoms with E-state index in [1.165, 1.54) is 5.56 Å². The van der Waals surface area contributed by atoms with Crippen molar-refractivity contribution < 1.29 is 4.74 Å². The number of anilines is 1. The molecule has 0 unspecified atom stereocenters. The van der Waals surface area contributed by atoms with Crippen LogP contribution in [0.2, 0.25) is 0 Å². The molecule has 2 N–H and O–H groups in total. The predicted molar refractivity (Wildman–Crippen MR) is 82.0 cm³/mol. The Morgan fingerprint density at radius 1 is 1.05 bits per heavy atom. The summed E-state index contributed by atoms with van der Waals surface area (Å²) < 4.78 is 5.16. The van der Waals surface area contributed by atoms with Gasteiger partial charge < -0.3 is 10.5 Å². The highest BCUT2D eigenvalue weighted by Crippen LogP contribution is 2.22. The summed E-state index contributed by atoms with van der Waals surface area (Å²) in [7, 11) is 1.67. The zero-order chi connectivity index (χ0) is 13.9. The van der Waals surface area contributed by atoms with Crippen LogP contribution in [0.25, 0.3) is 10.9 Å². The van der Waals surface area contributed by atoms with E-state index < -0.39 is 0 Å². The zero-order valence-corrected chi connectivity index (χ0v) is 11.3. The number of methoxy groups -OCH3 is 1. The SMILES string of the molecule is COc1ccc(Cc2cc(N)c3ccccc3n2)cc1. The molecule has 1 aromatic heterocycles. The summed E-state index contributed by atoms with van der Waals surface area (Å²) in [4.78, 5) is 4.66. The van der Waals surface area contributed by atoms with E-state index >= 15 is 0 Å². The molecule has 0 amide bonds. The van der Waals surface area contributed by atoms with Crippen molar-refractivity contribution in [3.63, 3.8) is 0 Å². The van der Waals surface area contributed by atoms with Gasteiger partial charge >= 0.3 is 0 Å². The minimum absolute atomic E-state index is 0.763. The quantitative estimate of drug-likeness (QED) is 0.788. The second kappa shape index (κ2) is 5.21. The number of pyridine rings is 1. The molecule has 3 aromatic rings. The van der Waals surface area contributed by atoms with Crippen molar-refractivity contribution in [2.75, 3.05) is 12.8 Å². The Hall–Kier alpha value is -2.55. The Morgan fingerprint density at radius 3 is 2.55 bits per heavy atom. The topological polar surface area (TPSA) is 48.1 Å². The van der Waals surface area contributed by atoms with Gasteiger partial charge in [0.1, 0.15) is 5.75 Å². The van der Waals surface area contributed by atoms with Gasteiger partial charge in [-0.25, -0.2) is 0 Å². The predicted octanol–water partition coefficient (Wildman–Crippen LogP) is 3.42. The number of rotatable bonds is 3. The number of para-hydroxylation sites is 1. The maximum atomic E-state index is 6.10. The molecule has 0 spiro atoms. The third-order valence-electron chi connectivity index (χ3n) is 3.35. The van der Waals surface area contributed by atoms with Crippen LogP contribution in [0.4, 0.5) is 5.69 Å². The summed E-state index contributed by atoms with van der Waals surface area (Å²) in [5.74, 6) is 0.861. The van der Waals surface area contributed by atoms with E-state index in [4.69, 9.17) is 10.5 Å². The number of hydrogen-bond acceptors (Lipinski definition) is 3. The smallest absolute Gasteiger partial charge is 0.118 e. The van der Waals surface area contributed by atoms with Crippen LogP contribution in [-0.4, -0.2) is 12.1 Å². The van der Waals surface area contributed by atoms with E-state index in [0.717, 1.165) is 34.5 Å². The molecule has 0 aliphatic carbocycles. The van der Waals surface area contributed by atoms with E-state index in [1.807, 2.05) is 54.6 Å². The van der Waals surface area contributed by atoms with Crippen LogP contribution >= 0.6 is 0 Å². The van der Waals surface area contributed by atoms with Crippen molar-refractivity contribution in [2.24, 2.45) is 0 Å².